The van der Waals surface area contributed by atoms with Crippen LogP contribution >= 0.6 is 0 Å². The standard InChI is InChI=1S/C20H26N4O/c1-3-17-8-6-7-16(2)19(17)23-11-13-24(14-12-23)20(25)22-15-18-9-4-5-10-21-18/h4-10H,3,11-15H2,1-2H3,(H,22,25). The number of hydrogen-bond acceptors (Lipinski definition) is 3. The van der Waals surface area contributed by atoms with Crippen molar-refractivity contribution in [2.75, 3.05) is 31.1 Å². The molecular formula is C20H26N4O. The van der Waals surface area contributed by atoms with Crippen LogP contribution in [0.5, 0.6) is 0 Å². The maximum atomic E-state index is 12.4. The normalized spacial score (nSPS) is 14.5. The topological polar surface area (TPSA) is 48.5 Å². The van der Waals surface area contributed by atoms with E-state index in [4.69, 9.17) is 0 Å². The summed E-state index contributed by atoms with van der Waals surface area (Å²) in [6.45, 7) is 8.05. The summed E-state index contributed by atoms with van der Waals surface area (Å²) in [6.07, 6.45) is 2.77. The molecule has 5 heteroatoms. The number of amides is 2. The van der Waals surface area contributed by atoms with E-state index in [2.05, 4.69) is 47.2 Å². The summed E-state index contributed by atoms with van der Waals surface area (Å²) >= 11 is 0. The molecule has 0 bridgehead atoms. The molecule has 0 atom stereocenters. The van der Waals surface area contributed by atoms with Crippen LogP contribution in [0.3, 0.4) is 0 Å². The van der Waals surface area contributed by atoms with Crippen LogP contribution in [0.4, 0.5) is 10.5 Å². The Hall–Kier alpha value is -2.56. The average Bonchev–Trinajstić information content (AvgIpc) is 2.67. The van der Waals surface area contributed by atoms with E-state index in [0.717, 1.165) is 38.3 Å². The van der Waals surface area contributed by atoms with Gasteiger partial charge in [-0.05, 0) is 36.6 Å². The third-order valence-corrected chi connectivity index (χ3v) is 4.73. The summed E-state index contributed by atoms with van der Waals surface area (Å²) < 4.78 is 0. The number of carbonyl (C=O) groups excluding carboxylic acids is 1. The molecule has 0 radical (unpaired) electrons. The minimum absolute atomic E-state index is 0.00852. The minimum atomic E-state index is -0.00852. The highest BCUT2D eigenvalue weighted by molar-refractivity contribution is 5.74. The van der Waals surface area contributed by atoms with Crippen molar-refractivity contribution in [2.45, 2.75) is 26.8 Å². The zero-order valence-electron chi connectivity index (χ0n) is 15.0. The van der Waals surface area contributed by atoms with Gasteiger partial charge in [0, 0.05) is 38.1 Å². The predicted molar refractivity (Wildman–Crippen MR) is 101 cm³/mol. The van der Waals surface area contributed by atoms with E-state index in [1.807, 2.05) is 23.1 Å². The zero-order valence-corrected chi connectivity index (χ0v) is 15.0. The predicted octanol–water partition coefficient (Wildman–Crippen LogP) is 2.98. The Bertz CT molecular complexity index is 709. The lowest BCUT2D eigenvalue weighted by Gasteiger charge is -2.37. The molecule has 5 nitrogen and oxygen atoms in total. The highest BCUT2D eigenvalue weighted by atomic mass is 16.2. The maximum absolute atomic E-state index is 12.4. The second kappa shape index (κ2) is 8.01. The lowest BCUT2D eigenvalue weighted by molar-refractivity contribution is 0.193. The molecule has 1 fully saturated rings. The Kier molecular flexibility index (Phi) is 5.53. The lowest BCUT2D eigenvalue weighted by Crippen LogP contribution is -2.52. The van der Waals surface area contributed by atoms with Gasteiger partial charge >= 0.3 is 6.03 Å². The molecule has 1 saturated heterocycles. The number of para-hydroxylation sites is 1. The number of carbonyl (C=O) groups is 1. The Morgan fingerprint density at radius 1 is 1.12 bits per heavy atom. The first-order valence-corrected chi connectivity index (χ1v) is 8.95. The smallest absolute Gasteiger partial charge is 0.317 e. The first-order chi connectivity index (χ1) is 12.2. The van der Waals surface area contributed by atoms with Gasteiger partial charge in [0.15, 0.2) is 0 Å². The Balaban J connectivity index is 1.56. The van der Waals surface area contributed by atoms with Crippen LogP contribution in [0.2, 0.25) is 0 Å². The van der Waals surface area contributed by atoms with Gasteiger partial charge in [-0.3, -0.25) is 4.98 Å². The van der Waals surface area contributed by atoms with E-state index < -0.39 is 0 Å². The molecule has 25 heavy (non-hydrogen) atoms. The van der Waals surface area contributed by atoms with E-state index >= 15 is 0 Å². The van der Waals surface area contributed by atoms with E-state index in [-0.39, 0.29) is 6.03 Å². The molecule has 0 saturated carbocycles. The van der Waals surface area contributed by atoms with Gasteiger partial charge in [0.25, 0.3) is 0 Å². The van der Waals surface area contributed by atoms with E-state index in [9.17, 15) is 4.79 Å². The summed E-state index contributed by atoms with van der Waals surface area (Å²) in [6, 6.07) is 12.2. The van der Waals surface area contributed by atoms with Crippen LogP contribution in [0.1, 0.15) is 23.7 Å². The van der Waals surface area contributed by atoms with Crippen molar-refractivity contribution in [1.29, 1.82) is 0 Å². The molecule has 0 aliphatic carbocycles. The summed E-state index contributed by atoms with van der Waals surface area (Å²) in [5.74, 6) is 0. The third kappa shape index (κ3) is 4.10. The van der Waals surface area contributed by atoms with Crippen LogP contribution in [0.25, 0.3) is 0 Å². The van der Waals surface area contributed by atoms with Gasteiger partial charge in [0.05, 0.1) is 12.2 Å². The van der Waals surface area contributed by atoms with E-state index in [0.29, 0.717) is 6.54 Å². The van der Waals surface area contributed by atoms with Crippen LogP contribution in [0.15, 0.2) is 42.6 Å². The molecule has 0 unspecified atom stereocenters. The fourth-order valence-corrected chi connectivity index (χ4v) is 3.37. The molecule has 1 aromatic heterocycles. The quantitative estimate of drug-likeness (QED) is 0.932. The molecule has 2 heterocycles. The maximum Gasteiger partial charge on any atom is 0.317 e. The molecule has 132 valence electrons. The van der Waals surface area contributed by atoms with E-state index in [1.54, 1.807) is 6.20 Å². The Morgan fingerprint density at radius 3 is 2.60 bits per heavy atom. The number of anilines is 1. The summed E-state index contributed by atoms with van der Waals surface area (Å²) in [5, 5.41) is 2.96. The van der Waals surface area contributed by atoms with Crippen LogP contribution in [0, 0.1) is 6.92 Å². The van der Waals surface area contributed by atoms with Gasteiger partial charge in [-0.2, -0.15) is 0 Å². The van der Waals surface area contributed by atoms with Crippen LogP contribution < -0.4 is 10.2 Å². The highest BCUT2D eigenvalue weighted by Gasteiger charge is 2.23. The SMILES string of the molecule is CCc1cccc(C)c1N1CCN(C(=O)NCc2ccccn2)CC1. The van der Waals surface area contributed by atoms with Gasteiger partial charge in [-0.15, -0.1) is 0 Å². The lowest BCUT2D eigenvalue weighted by atomic mass is 10.0. The van der Waals surface area contributed by atoms with Gasteiger partial charge < -0.3 is 15.1 Å². The van der Waals surface area contributed by atoms with Crippen molar-refractivity contribution in [2.24, 2.45) is 0 Å². The largest absolute Gasteiger partial charge is 0.368 e. The molecule has 2 aromatic rings. The van der Waals surface area contributed by atoms with Crippen molar-refractivity contribution in [1.82, 2.24) is 15.2 Å². The molecule has 1 aliphatic rings. The number of rotatable bonds is 4. The number of aryl methyl sites for hydroxylation is 2. The zero-order chi connectivity index (χ0) is 17.6. The van der Waals surface area contributed by atoms with Gasteiger partial charge in [-0.25, -0.2) is 4.79 Å². The number of urea groups is 1. The summed E-state index contributed by atoms with van der Waals surface area (Å²) in [5.41, 5.74) is 4.92. The molecule has 1 aliphatic heterocycles. The third-order valence-electron chi connectivity index (χ3n) is 4.73. The molecule has 3 rings (SSSR count). The highest BCUT2D eigenvalue weighted by Crippen LogP contribution is 2.26. The van der Waals surface area contributed by atoms with Crippen molar-refractivity contribution in [3.05, 3.63) is 59.4 Å². The van der Waals surface area contributed by atoms with Crippen molar-refractivity contribution in [3.63, 3.8) is 0 Å². The van der Waals surface area contributed by atoms with Crippen molar-refractivity contribution >= 4 is 11.7 Å². The second-order valence-electron chi connectivity index (χ2n) is 6.39. The van der Waals surface area contributed by atoms with E-state index in [1.165, 1.54) is 16.8 Å². The van der Waals surface area contributed by atoms with Crippen molar-refractivity contribution < 1.29 is 4.79 Å². The van der Waals surface area contributed by atoms with Crippen LogP contribution in [-0.4, -0.2) is 42.1 Å². The average molecular weight is 338 g/mol. The van der Waals surface area contributed by atoms with Gasteiger partial charge in [0.1, 0.15) is 0 Å². The number of nitrogens with zero attached hydrogens (tertiary/aromatic N) is 3. The number of aromatic nitrogens is 1. The minimum Gasteiger partial charge on any atom is -0.368 e. The first kappa shape index (κ1) is 17.3. The molecule has 1 N–H and O–H groups in total. The molecule has 1 aromatic carbocycles. The number of benzene rings is 1. The van der Waals surface area contributed by atoms with Gasteiger partial charge in [0.2, 0.25) is 0 Å². The number of hydrogen-bond donors (Lipinski definition) is 1. The van der Waals surface area contributed by atoms with Crippen LogP contribution in [-0.2, 0) is 13.0 Å². The fourth-order valence-electron chi connectivity index (χ4n) is 3.37. The Labute approximate surface area is 149 Å². The molecular weight excluding hydrogens is 312 g/mol. The Morgan fingerprint density at radius 2 is 1.92 bits per heavy atom. The molecule has 2 amide bonds. The summed E-state index contributed by atoms with van der Waals surface area (Å²) in [4.78, 5) is 20.9. The fraction of sp³-hybridized carbons (Fsp3) is 0.400. The first-order valence-electron chi connectivity index (χ1n) is 8.95. The number of pyridine rings is 1. The summed E-state index contributed by atoms with van der Waals surface area (Å²) in [7, 11) is 0. The number of nitrogens with one attached hydrogen (secondary N) is 1. The number of piperazine rings is 1. The molecule has 0 spiro atoms. The van der Waals surface area contributed by atoms with Gasteiger partial charge in [-0.1, -0.05) is 31.2 Å². The second-order valence-corrected chi connectivity index (χ2v) is 6.39. The monoisotopic (exact) mass is 338 g/mol. The van der Waals surface area contributed by atoms with Crippen molar-refractivity contribution in [3.8, 4) is 0 Å².